The molecule has 104 valence electrons. The summed E-state index contributed by atoms with van der Waals surface area (Å²) in [6.07, 6.45) is 0.724. The van der Waals surface area contributed by atoms with Crippen molar-refractivity contribution in [2.45, 2.75) is 38.0 Å². The molecule has 5 heteroatoms. The lowest BCUT2D eigenvalue weighted by molar-refractivity contribution is -0.149. The molecule has 2 N–H and O–H groups in total. The Morgan fingerprint density at radius 3 is 2.74 bits per heavy atom. The average molecular weight is 284 g/mol. The molecule has 1 aliphatic heterocycles. The van der Waals surface area contributed by atoms with Crippen LogP contribution in [0, 0.1) is 0 Å². The van der Waals surface area contributed by atoms with Crippen molar-refractivity contribution >= 4 is 17.6 Å². The number of ether oxygens (including phenoxy) is 1. The lowest BCUT2D eigenvalue weighted by Crippen LogP contribution is -2.30. The van der Waals surface area contributed by atoms with Crippen LogP contribution < -0.4 is 5.32 Å². The number of nitrogens with one attached hydrogen (secondary N) is 1. The minimum absolute atomic E-state index is 0.0177. The Morgan fingerprint density at radius 2 is 2.16 bits per heavy atom. The van der Waals surface area contributed by atoms with Crippen LogP contribution in [0.25, 0.3) is 0 Å². The third-order valence-electron chi connectivity index (χ3n) is 3.40. The van der Waals surface area contributed by atoms with Gasteiger partial charge in [0.25, 0.3) is 0 Å². The molecule has 0 radical (unpaired) electrons. The molecule has 3 unspecified atom stereocenters. The molecule has 0 saturated carbocycles. The van der Waals surface area contributed by atoms with E-state index in [-0.39, 0.29) is 12.1 Å². The van der Waals surface area contributed by atoms with Gasteiger partial charge in [-0.15, -0.1) is 0 Å². The van der Waals surface area contributed by atoms with E-state index in [1.807, 2.05) is 24.3 Å². The van der Waals surface area contributed by atoms with Crippen LogP contribution in [0.4, 0.5) is 0 Å². The van der Waals surface area contributed by atoms with E-state index in [0.29, 0.717) is 13.0 Å². The van der Waals surface area contributed by atoms with Gasteiger partial charge in [-0.1, -0.05) is 23.7 Å². The molecule has 1 aromatic rings. The van der Waals surface area contributed by atoms with Crippen molar-refractivity contribution in [1.29, 1.82) is 0 Å². The summed E-state index contributed by atoms with van der Waals surface area (Å²) in [4.78, 5) is 10.8. The van der Waals surface area contributed by atoms with E-state index in [4.69, 9.17) is 21.4 Å². The Balaban J connectivity index is 1.79. The van der Waals surface area contributed by atoms with Crippen molar-refractivity contribution in [2.24, 2.45) is 0 Å². The summed E-state index contributed by atoms with van der Waals surface area (Å²) < 4.78 is 5.45. The largest absolute Gasteiger partial charge is 0.479 e. The van der Waals surface area contributed by atoms with Gasteiger partial charge in [0.1, 0.15) is 0 Å². The van der Waals surface area contributed by atoms with Crippen LogP contribution in [0.2, 0.25) is 5.02 Å². The zero-order valence-corrected chi connectivity index (χ0v) is 11.6. The zero-order valence-electron chi connectivity index (χ0n) is 10.8. The van der Waals surface area contributed by atoms with E-state index in [0.717, 1.165) is 17.0 Å². The monoisotopic (exact) mass is 283 g/mol. The fourth-order valence-corrected chi connectivity index (χ4v) is 2.34. The van der Waals surface area contributed by atoms with Gasteiger partial charge >= 0.3 is 5.97 Å². The topological polar surface area (TPSA) is 58.6 Å². The summed E-state index contributed by atoms with van der Waals surface area (Å²) in [6.45, 7) is 2.72. The first kappa shape index (κ1) is 14.3. The highest BCUT2D eigenvalue weighted by molar-refractivity contribution is 6.30. The highest BCUT2D eigenvalue weighted by Crippen LogP contribution is 2.21. The number of halogens is 1. The van der Waals surface area contributed by atoms with Gasteiger partial charge in [-0.3, -0.25) is 0 Å². The molecular formula is C14H18ClNO3. The molecule has 0 aromatic heterocycles. The SMILES string of the molecule is CC(NCC1CCC(C(=O)O)O1)c1ccc(Cl)cc1. The van der Waals surface area contributed by atoms with Crippen LogP contribution >= 0.6 is 11.6 Å². The van der Waals surface area contributed by atoms with Gasteiger partial charge in [0.15, 0.2) is 6.10 Å². The van der Waals surface area contributed by atoms with Crippen molar-refractivity contribution in [2.75, 3.05) is 6.54 Å². The second kappa shape index (κ2) is 6.37. The third-order valence-corrected chi connectivity index (χ3v) is 3.66. The molecule has 1 saturated heterocycles. The summed E-state index contributed by atoms with van der Waals surface area (Å²) in [6, 6.07) is 7.87. The first-order chi connectivity index (χ1) is 9.06. The number of carbonyl (C=O) groups is 1. The normalized spacial score (nSPS) is 24.3. The van der Waals surface area contributed by atoms with Crippen molar-refractivity contribution in [3.63, 3.8) is 0 Å². The molecule has 1 aliphatic rings. The van der Waals surface area contributed by atoms with Crippen LogP contribution in [0.1, 0.15) is 31.4 Å². The molecule has 4 nitrogen and oxygen atoms in total. The predicted molar refractivity (Wildman–Crippen MR) is 73.4 cm³/mol. The Morgan fingerprint density at radius 1 is 1.47 bits per heavy atom. The number of aliphatic carboxylic acids is 1. The van der Waals surface area contributed by atoms with Gasteiger partial charge in [0, 0.05) is 17.6 Å². The minimum Gasteiger partial charge on any atom is -0.479 e. The molecule has 1 aromatic carbocycles. The molecule has 1 fully saturated rings. The van der Waals surface area contributed by atoms with E-state index in [2.05, 4.69) is 12.2 Å². The Labute approximate surface area is 117 Å². The van der Waals surface area contributed by atoms with E-state index in [1.165, 1.54) is 0 Å². The summed E-state index contributed by atoms with van der Waals surface area (Å²) in [5.74, 6) is -0.867. The van der Waals surface area contributed by atoms with Gasteiger partial charge in [0.05, 0.1) is 6.10 Å². The Kier molecular flexibility index (Phi) is 4.80. The lowest BCUT2D eigenvalue weighted by Gasteiger charge is -2.18. The Bertz CT molecular complexity index is 435. The maximum absolute atomic E-state index is 10.8. The van der Waals surface area contributed by atoms with Crippen LogP contribution in [-0.4, -0.2) is 29.8 Å². The van der Waals surface area contributed by atoms with Crippen LogP contribution in [0.15, 0.2) is 24.3 Å². The summed E-state index contributed by atoms with van der Waals surface area (Å²) in [5.41, 5.74) is 1.15. The highest BCUT2D eigenvalue weighted by atomic mass is 35.5. The van der Waals surface area contributed by atoms with Crippen LogP contribution in [-0.2, 0) is 9.53 Å². The second-order valence-corrected chi connectivity index (χ2v) is 5.28. The van der Waals surface area contributed by atoms with Crippen LogP contribution in [0.3, 0.4) is 0 Å². The Hall–Kier alpha value is -1.10. The molecule has 3 atom stereocenters. The number of hydrogen-bond acceptors (Lipinski definition) is 3. The molecule has 0 aliphatic carbocycles. The summed E-state index contributed by atoms with van der Waals surface area (Å²) in [7, 11) is 0. The predicted octanol–water partition coefficient (Wildman–Crippen LogP) is 2.62. The van der Waals surface area contributed by atoms with E-state index >= 15 is 0 Å². The maximum atomic E-state index is 10.8. The standard InChI is InChI=1S/C14H18ClNO3/c1-9(10-2-4-11(15)5-3-10)16-8-12-6-7-13(19-12)14(17)18/h2-5,9,12-13,16H,6-8H2,1H3,(H,17,18). The van der Waals surface area contributed by atoms with Gasteiger partial charge in [-0.05, 0) is 37.5 Å². The van der Waals surface area contributed by atoms with Gasteiger partial charge in [-0.2, -0.15) is 0 Å². The molecule has 0 amide bonds. The first-order valence-electron chi connectivity index (χ1n) is 6.43. The molecular weight excluding hydrogens is 266 g/mol. The number of hydrogen-bond donors (Lipinski definition) is 2. The van der Waals surface area contributed by atoms with Gasteiger partial charge < -0.3 is 15.2 Å². The fraction of sp³-hybridized carbons (Fsp3) is 0.500. The van der Waals surface area contributed by atoms with E-state index in [1.54, 1.807) is 0 Å². The molecule has 1 heterocycles. The van der Waals surface area contributed by atoms with E-state index < -0.39 is 12.1 Å². The third kappa shape index (κ3) is 3.93. The van der Waals surface area contributed by atoms with Gasteiger partial charge in [0.2, 0.25) is 0 Å². The molecule has 0 bridgehead atoms. The van der Waals surface area contributed by atoms with E-state index in [9.17, 15) is 4.79 Å². The summed E-state index contributed by atoms with van der Waals surface area (Å²) >= 11 is 5.85. The first-order valence-corrected chi connectivity index (χ1v) is 6.81. The maximum Gasteiger partial charge on any atom is 0.332 e. The van der Waals surface area contributed by atoms with Crippen molar-refractivity contribution < 1.29 is 14.6 Å². The lowest BCUT2D eigenvalue weighted by atomic mass is 10.1. The van der Waals surface area contributed by atoms with Crippen molar-refractivity contribution in [1.82, 2.24) is 5.32 Å². The smallest absolute Gasteiger partial charge is 0.332 e. The van der Waals surface area contributed by atoms with Crippen molar-refractivity contribution in [3.05, 3.63) is 34.9 Å². The number of benzene rings is 1. The molecule has 19 heavy (non-hydrogen) atoms. The summed E-state index contributed by atoms with van der Waals surface area (Å²) in [5, 5.41) is 12.9. The molecule has 2 rings (SSSR count). The number of rotatable bonds is 5. The molecule has 0 spiro atoms. The minimum atomic E-state index is -0.867. The van der Waals surface area contributed by atoms with Crippen molar-refractivity contribution in [3.8, 4) is 0 Å². The van der Waals surface area contributed by atoms with Crippen LogP contribution in [0.5, 0.6) is 0 Å². The highest BCUT2D eigenvalue weighted by Gasteiger charge is 2.30. The second-order valence-electron chi connectivity index (χ2n) is 4.84. The number of carboxylic acids is 1. The average Bonchev–Trinajstić information content (AvgIpc) is 2.86. The zero-order chi connectivity index (χ0) is 13.8. The quantitative estimate of drug-likeness (QED) is 0.872. The fourth-order valence-electron chi connectivity index (χ4n) is 2.22. The van der Waals surface area contributed by atoms with Gasteiger partial charge in [-0.25, -0.2) is 4.79 Å². The number of carboxylic acid groups (broad SMARTS) is 1.